The Morgan fingerprint density at radius 3 is 2.94 bits per heavy atom. The van der Waals surface area contributed by atoms with Crippen molar-refractivity contribution in [2.45, 2.75) is 38.0 Å². The Kier molecular flexibility index (Phi) is 3.95. The molecule has 17 heavy (non-hydrogen) atoms. The molecule has 1 aromatic carbocycles. The number of hydrogen-bond donors (Lipinski definition) is 1. The van der Waals surface area contributed by atoms with Crippen LogP contribution in [0.1, 0.15) is 42.7 Å². The molecular weight excluding hydrogens is 257 g/mol. The number of hydrogen-bond acceptors (Lipinski definition) is 1. The van der Waals surface area contributed by atoms with E-state index in [2.05, 4.69) is 12.2 Å². The third kappa shape index (κ3) is 2.75. The Balaban J connectivity index is 2.24. The summed E-state index contributed by atoms with van der Waals surface area (Å²) in [5.41, 5.74) is 2.76. The number of carbonyl (C=O) groups excluding carboxylic acids is 1. The lowest BCUT2D eigenvalue weighted by atomic mass is 10.0. The molecular formula is C13H15Cl2NO. The van der Waals surface area contributed by atoms with Gasteiger partial charge in [-0.1, -0.05) is 37.4 Å². The molecule has 1 aromatic rings. The standard InChI is InChI=1S/C13H15Cl2NO/c1-2-3-4-10(14)9-5-8-6-13(17)16-12(8)7-11(9)15/h5,7,10H,2-4,6H2,1H3,(H,16,17). The lowest BCUT2D eigenvalue weighted by molar-refractivity contribution is -0.115. The Morgan fingerprint density at radius 2 is 2.24 bits per heavy atom. The maximum atomic E-state index is 11.3. The predicted octanol–water partition coefficient (Wildman–Crippen LogP) is 4.30. The summed E-state index contributed by atoms with van der Waals surface area (Å²) in [6, 6.07) is 3.77. The zero-order valence-corrected chi connectivity index (χ0v) is 11.2. The molecule has 4 heteroatoms. The van der Waals surface area contributed by atoms with Crippen LogP contribution in [0.2, 0.25) is 5.02 Å². The van der Waals surface area contributed by atoms with E-state index in [1.165, 1.54) is 0 Å². The molecule has 0 fully saturated rings. The molecule has 0 radical (unpaired) electrons. The minimum absolute atomic E-state index is 0.0212. The van der Waals surface area contributed by atoms with E-state index in [9.17, 15) is 4.79 Å². The summed E-state index contributed by atoms with van der Waals surface area (Å²) in [5, 5.41) is 3.36. The van der Waals surface area contributed by atoms with E-state index in [-0.39, 0.29) is 11.3 Å². The highest BCUT2D eigenvalue weighted by atomic mass is 35.5. The number of nitrogens with one attached hydrogen (secondary N) is 1. The number of alkyl halides is 1. The van der Waals surface area contributed by atoms with Gasteiger partial charge in [-0.3, -0.25) is 4.79 Å². The fourth-order valence-corrected chi connectivity index (χ4v) is 2.73. The highest BCUT2D eigenvalue weighted by Crippen LogP contribution is 2.37. The topological polar surface area (TPSA) is 29.1 Å². The summed E-state index contributed by atoms with van der Waals surface area (Å²) in [7, 11) is 0. The van der Waals surface area contributed by atoms with Crippen molar-refractivity contribution in [3.05, 3.63) is 28.3 Å². The molecule has 0 spiro atoms. The summed E-state index contributed by atoms with van der Waals surface area (Å²) in [5.74, 6) is 0.0212. The minimum Gasteiger partial charge on any atom is -0.325 e. The molecule has 2 nitrogen and oxygen atoms in total. The van der Waals surface area contributed by atoms with E-state index < -0.39 is 0 Å². The molecule has 1 heterocycles. The van der Waals surface area contributed by atoms with E-state index in [1.54, 1.807) is 6.07 Å². The number of rotatable bonds is 4. The first kappa shape index (κ1) is 12.7. The van der Waals surface area contributed by atoms with Gasteiger partial charge >= 0.3 is 0 Å². The molecule has 2 rings (SSSR count). The third-order valence-corrected chi connectivity index (χ3v) is 3.78. The van der Waals surface area contributed by atoms with Crippen molar-refractivity contribution >= 4 is 34.8 Å². The monoisotopic (exact) mass is 271 g/mol. The van der Waals surface area contributed by atoms with Gasteiger partial charge in [-0.05, 0) is 23.6 Å². The fourth-order valence-electron chi connectivity index (χ4n) is 2.05. The van der Waals surface area contributed by atoms with Crippen molar-refractivity contribution in [3.8, 4) is 0 Å². The number of amides is 1. The maximum Gasteiger partial charge on any atom is 0.228 e. The number of carbonyl (C=O) groups is 1. The molecule has 0 aliphatic carbocycles. The van der Waals surface area contributed by atoms with Gasteiger partial charge < -0.3 is 5.32 Å². The molecule has 0 bridgehead atoms. The molecule has 0 aromatic heterocycles. The molecule has 92 valence electrons. The number of benzene rings is 1. The van der Waals surface area contributed by atoms with Crippen LogP contribution in [-0.2, 0) is 11.2 Å². The van der Waals surface area contributed by atoms with Gasteiger partial charge in [-0.2, -0.15) is 0 Å². The maximum absolute atomic E-state index is 11.3. The first-order valence-corrected chi connectivity index (χ1v) is 6.69. The number of unbranched alkanes of at least 4 members (excludes halogenated alkanes) is 1. The lowest BCUT2D eigenvalue weighted by Crippen LogP contribution is -2.03. The Bertz CT molecular complexity index is 445. The van der Waals surface area contributed by atoms with Crippen LogP contribution in [0.5, 0.6) is 0 Å². The highest BCUT2D eigenvalue weighted by Gasteiger charge is 2.21. The second kappa shape index (κ2) is 5.28. The summed E-state index contributed by atoms with van der Waals surface area (Å²) >= 11 is 12.5. The molecule has 0 saturated heterocycles. The Morgan fingerprint density at radius 1 is 1.47 bits per heavy atom. The molecule has 0 saturated carbocycles. The van der Waals surface area contributed by atoms with Gasteiger partial charge in [0.25, 0.3) is 0 Å². The van der Waals surface area contributed by atoms with Crippen LogP contribution in [0.3, 0.4) is 0 Å². The molecule has 1 aliphatic heterocycles. The van der Waals surface area contributed by atoms with Crippen LogP contribution in [0.25, 0.3) is 0 Å². The smallest absolute Gasteiger partial charge is 0.228 e. The van der Waals surface area contributed by atoms with E-state index in [0.717, 1.165) is 36.1 Å². The summed E-state index contributed by atoms with van der Waals surface area (Å²) in [6.07, 6.45) is 3.54. The van der Waals surface area contributed by atoms with Crippen molar-refractivity contribution in [1.82, 2.24) is 0 Å². The number of fused-ring (bicyclic) bond motifs is 1. The summed E-state index contributed by atoms with van der Waals surface area (Å²) < 4.78 is 0. The molecule has 1 atom stereocenters. The average molecular weight is 272 g/mol. The fraction of sp³-hybridized carbons (Fsp3) is 0.462. The van der Waals surface area contributed by atoms with Crippen LogP contribution < -0.4 is 5.32 Å². The van der Waals surface area contributed by atoms with Crippen molar-refractivity contribution in [2.24, 2.45) is 0 Å². The van der Waals surface area contributed by atoms with Gasteiger partial charge in [-0.25, -0.2) is 0 Å². The van der Waals surface area contributed by atoms with E-state index in [1.807, 2.05) is 6.07 Å². The van der Waals surface area contributed by atoms with E-state index in [0.29, 0.717) is 11.4 Å². The molecule has 1 unspecified atom stereocenters. The second-order valence-electron chi connectivity index (χ2n) is 4.37. The van der Waals surface area contributed by atoms with E-state index in [4.69, 9.17) is 23.2 Å². The van der Waals surface area contributed by atoms with Crippen molar-refractivity contribution < 1.29 is 4.79 Å². The van der Waals surface area contributed by atoms with Crippen LogP contribution in [0.4, 0.5) is 5.69 Å². The summed E-state index contributed by atoms with van der Waals surface area (Å²) in [4.78, 5) is 11.3. The molecule has 1 aliphatic rings. The van der Waals surface area contributed by atoms with Gasteiger partial charge in [0.05, 0.1) is 11.8 Å². The van der Waals surface area contributed by atoms with Gasteiger partial charge in [0.2, 0.25) is 5.91 Å². The first-order valence-electron chi connectivity index (χ1n) is 5.88. The van der Waals surface area contributed by atoms with Crippen molar-refractivity contribution in [2.75, 3.05) is 5.32 Å². The Hall–Kier alpha value is -0.730. The quantitative estimate of drug-likeness (QED) is 0.813. The van der Waals surface area contributed by atoms with Crippen LogP contribution in [-0.4, -0.2) is 5.91 Å². The largest absolute Gasteiger partial charge is 0.325 e. The normalized spacial score (nSPS) is 15.6. The minimum atomic E-state index is -0.0662. The van der Waals surface area contributed by atoms with Crippen LogP contribution in [0.15, 0.2) is 12.1 Å². The summed E-state index contributed by atoms with van der Waals surface area (Å²) in [6.45, 7) is 2.14. The second-order valence-corrected chi connectivity index (χ2v) is 5.30. The van der Waals surface area contributed by atoms with Gasteiger partial charge in [-0.15, -0.1) is 11.6 Å². The SMILES string of the molecule is CCCCC(Cl)c1cc2c(cc1Cl)NC(=O)C2. The van der Waals surface area contributed by atoms with Crippen molar-refractivity contribution in [1.29, 1.82) is 0 Å². The zero-order valence-electron chi connectivity index (χ0n) is 9.72. The van der Waals surface area contributed by atoms with Gasteiger partial charge in [0.1, 0.15) is 0 Å². The molecule has 1 N–H and O–H groups in total. The Labute approximate surface area is 111 Å². The van der Waals surface area contributed by atoms with Crippen molar-refractivity contribution in [3.63, 3.8) is 0 Å². The number of anilines is 1. The van der Waals surface area contributed by atoms with Crippen LogP contribution in [0, 0.1) is 0 Å². The predicted molar refractivity (Wildman–Crippen MR) is 71.9 cm³/mol. The third-order valence-electron chi connectivity index (χ3n) is 3.00. The lowest BCUT2D eigenvalue weighted by Gasteiger charge is -2.13. The highest BCUT2D eigenvalue weighted by molar-refractivity contribution is 6.33. The molecule has 1 amide bonds. The number of halogens is 2. The van der Waals surface area contributed by atoms with Gasteiger partial charge in [0, 0.05) is 10.7 Å². The average Bonchev–Trinajstić information content (AvgIpc) is 2.64. The van der Waals surface area contributed by atoms with Crippen LogP contribution >= 0.6 is 23.2 Å². The zero-order chi connectivity index (χ0) is 12.4. The van der Waals surface area contributed by atoms with E-state index >= 15 is 0 Å². The first-order chi connectivity index (χ1) is 8.11. The van der Waals surface area contributed by atoms with Gasteiger partial charge in [0.15, 0.2) is 0 Å².